The number of piperazine rings is 1. The van der Waals surface area contributed by atoms with Gasteiger partial charge in [-0.05, 0) is 74.7 Å². The van der Waals surface area contributed by atoms with Gasteiger partial charge in [0.2, 0.25) is 6.41 Å². The van der Waals surface area contributed by atoms with Gasteiger partial charge in [-0.25, -0.2) is 0 Å². The van der Waals surface area contributed by atoms with Crippen LogP contribution in [0.15, 0.2) is 64.0 Å². The van der Waals surface area contributed by atoms with Crippen molar-refractivity contribution < 1.29 is 9.21 Å². The molecule has 1 unspecified atom stereocenters. The number of nitrogens with two attached hydrogens (primary N) is 1. The van der Waals surface area contributed by atoms with Crippen LogP contribution in [0.3, 0.4) is 0 Å². The number of nitriles is 1. The molecule has 1 amide bonds. The van der Waals surface area contributed by atoms with Gasteiger partial charge in [-0.15, -0.1) is 0 Å². The number of allylic oxidation sites excluding steroid dienone is 3. The van der Waals surface area contributed by atoms with Crippen LogP contribution in [-0.2, 0) is 4.79 Å². The van der Waals surface area contributed by atoms with E-state index in [0.717, 1.165) is 56.2 Å². The number of rotatable bonds is 6. The molecule has 3 aliphatic rings. The predicted molar refractivity (Wildman–Crippen MR) is 138 cm³/mol. The van der Waals surface area contributed by atoms with Crippen molar-refractivity contribution in [3.8, 4) is 6.07 Å². The second-order valence-electron chi connectivity index (χ2n) is 9.16. The van der Waals surface area contributed by atoms with Crippen LogP contribution in [0.1, 0.15) is 25.0 Å². The Bertz CT molecular complexity index is 1180. The van der Waals surface area contributed by atoms with Crippen LogP contribution < -0.4 is 16.0 Å². The summed E-state index contributed by atoms with van der Waals surface area (Å²) in [5.74, 6) is 0.968. The number of carbonyl (C=O) groups is 1. The maximum atomic E-state index is 9.32. The van der Waals surface area contributed by atoms with Crippen molar-refractivity contribution in [1.29, 1.82) is 5.26 Å². The van der Waals surface area contributed by atoms with Gasteiger partial charge in [0.15, 0.2) is 0 Å². The van der Waals surface area contributed by atoms with Crippen LogP contribution in [0.5, 0.6) is 0 Å². The van der Waals surface area contributed by atoms with Gasteiger partial charge in [0, 0.05) is 56.2 Å². The van der Waals surface area contributed by atoms with Crippen LogP contribution in [-0.4, -0.2) is 62.0 Å². The fourth-order valence-electron chi connectivity index (χ4n) is 5.14. The lowest BCUT2D eigenvalue weighted by Gasteiger charge is -2.36. The molecule has 0 saturated carbocycles. The van der Waals surface area contributed by atoms with Gasteiger partial charge >= 0.3 is 0 Å². The molecule has 5 rings (SSSR count). The highest BCUT2D eigenvalue weighted by atomic mass is 16.3. The Morgan fingerprint density at radius 1 is 1.20 bits per heavy atom. The van der Waals surface area contributed by atoms with Gasteiger partial charge < -0.3 is 25.3 Å². The minimum atomic E-state index is 0.203. The number of primary amides is 1. The number of benzene rings is 1. The van der Waals surface area contributed by atoms with Gasteiger partial charge in [-0.1, -0.05) is 0 Å². The second kappa shape index (κ2) is 11.2. The van der Waals surface area contributed by atoms with Crippen LogP contribution in [0.2, 0.25) is 0 Å². The third-order valence-corrected chi connectivity index (χ3v) is 6.92. The lowest BCUT2D eigenvalue weighted by atomic mass is 9.98. The number of hydrogen-bond donors (Lipinski definition) is 2. The zero-order chi connectivity index (χ0) is 24.8. The molecule has 3 aliphatic heterocycles. The van der Waals surface area contributed by atoms with Gasteiger partial charge in [-0.2, -0.15) is 5.26 Å². The number of aryl methyl sites for hydroxylation is 1. The highest BCUT2D eigenvalue weighted by molar-refractivity contribution is 5.82. The van der Waals surface area contributed by atoms with Gasteiger partial charge in [-0.3, -0.25) is 9.69 Å². The van der Waals surface area contributed by atoms with Gasteiger partial charge in [0.05, 0.1) is 6.04 Å². The van der Waals surface area contributed by atoms with E-state index in [4.69, 9.17) is 9.21 Å². The third kappa shape index (κ3) is 5.52. The Morgan fingerprint density at radius 3 is 2.71 bits per heavy atom. The number of carbonyl (C=O) groups excluding carboxylic acids is 1. The number of amides is 1. The summed E-state index contributed by atoms with van der Waals surface area (Å²) < 4.78 is 5.71. The van der Waals surface area contributed by atoms with E-state index in [1.54, 1.807) is 0 Å². The van der Waals surface area contributed by atoms with Crippen LogP contribution in [0.4, 0.5) is 5.69 Å². The molecule has 0 bridgehead atoms. The van der Waals surface area contributed by atoms with Crippen molar-refractivity contribution in [3.05, 3.63) is 65.3 Å². The molecule has 2 aromatic rings. The minimum absolute atomic E-state index is 0.203. The fourth-order valence-corrected chi connectivity index (χ4v) is 5.14. The number of hydrogen-bond acceptors (Lipinski definition) is 7. The molecule has 8 nitrogen and oxygen atoms in total. The Labute approximate surface area is 206 Å². The van der Waals surface area contributed by atoms with E-state index in [2.05, 4.69) is 62.3 Å². The van der Waals surface area contributed by atoms with E-state index in [1.807, 2.05) is 26.1 Å². The lowest BCUT2D eigenvalue weighted by Crippen LogP contribution is -2.46. The fraction of sp³-hybridized carbons (Fsp3) is 0.407. The van der Waals surface area contributed by atoms with Crippen molar-refractivity contribution in [2.24, 2.45) is 5.73 Å². The van der Waals surface area contributed by atoms with Crippen LogP contribution in [0.25, 0.3) is 11.0 Å². The first-order chi connectivity index (χ1) is 17.0. The largest absolute Gasteiger partial charge is 0.461 e. The first-order valence-electron chi connectivity index (χ1n) is 12.2. The summed E-state index contributed by atoms with van der Waals surface area (Å²) in [7, 11) is 2.01. The molecule has 35 heavy (non-hydrogen) atoms. The standard InChI is InChI=1S/C26H31N5O.CH3NO/c1-19-15-21-16-22(7-9-25(21)32-19)31-13-11-30(12-14-31)10-4-3-5-20-18-28-24-8-6-23(17-27)29(2)26(20)24;2-1-3/h6-9,15-16,18,26,28H,3-5,10-14H2,1-2H3;1H,(H2,2,3). The van der Waals surface area contributed by atoms with E-state index in [9.17, 15) is 5.26 Å². The monoisotopic (exact) mass is 474 g/mol. The van der Waals surface area contributed by atoms with E-state index >= 15 is 0 Å². The Balaban J connectivity index is 0.000000917. The van der Waals surface area contributed by atoms with Crippen LogP contribution in [0, 0.1) is 18.3 Å². The first kappa shape index (κ1) is 24.4. The molecule has 1 saturated heterocycles. The number of unbranched alkanes of at least 4 members (excludes halogenated alkanes) is 1. The average molecular weight is 475 g/mol. The van der Waals surface area contributed by atoms with Crippen LogP contribution >= 0.6 is 0 Å². The maximum absolute atomic E-state index is 9.32. The average Bonchev–Trinajstić information content (AvgIpc) is 3.45. The van der Waals surface area contributed by atoms with E-state index < -0.39 is 0 Å². The van der Waals surface area contributed by atoms with E-state index in [0.29, 0.717) is 0 Å². The predicted octanol–water partition coefficient (Wildman–Crippen LogP) is 3.23. The summed E-state index contributed by atoms with van der Waals surface area (Å²) in [4.78, 5) is 15.7. The summed E-state index contributed by atoms with van der Waals surface area (Å²) in [6.45, 7) is 7.52. The van der Waals surface area contributed by atoms with Crippen molar-refractivity contribution >= 4 is 23.1 Å². The lowest BCUT2D eigenvalue weighted by molar-refractivity contribution is -0.106. The molecule has 4 heterocycles. The molecule has 1 aromatic heterocycles. The highest BCUT2D eigenvalue weighted by Gasteiger charge is 2.31. The molecule has 8 heteroatoms. The maximum Gasteiger partial charge on any atom is 0.204 e. The van der Waals surface area contributed by atoms with E-state index in [-0.39, 0.29) is 12.5 Å². The summed E-state index contributed by atoms with van der Waals surface area (Å²) in [5.41, 5.74) is 9.73. The molecular formula is C27H34N6O2. The van der Waals surface area contributed by atoms with Crippen molar-refractivity contribution in [2.75, 3.05) is 44.7 Å². The second-order valence-corrected chi connectivity index (χ2v) is 9.16. The quantitative estimate of drug-likeness (QED) is 0.490. The van der Waals surface area contributed by atoms with E-state index in [1.165, 1.54) is 35.2 Å². The van der Waals surface area contributed by atoms with Crippen molar-refractivity contribution in [3.63, 3.8) is 0 Å². The molecule has 184 valence electrons. The smallest absolute Gasteiger partial charge is 0.204 e. The molecule has 0 radical (unpaired) electrons. The topological polar surface area (TPSA) is 102 Å². The molecule has 1 fully saturated rings. The SMILES string of the molecule is Cc1cc2cc(N3CCN(CCCCC4=CNC5=CC=C(C#N)N(C)C45)CC3)ccc2o1.NC=O. The summed E-state index contributed by atoms with van der Waals surface area (Å²) in [6.07, 6.45) is 9.77. The molecule has 1 atom stereocenters. The van der Waals surface area contributed by atoms with Crippen molar-refractivity contribution in [1.82, 2.24) is 15.1 Å². The Kier molecular flexibility index (Phi) is 7.78. The van der Waals surface area contributed by atoms with Gasteiger partial charge in [0.1, 0.15) is 23.1 Å². The normalized spacial score (nSPS) is 19.6. The zero-order valence-electron chi connectivity index (χ0n) is 20.5. The first-order valence-corrected chi connectivity index (χ1v) is 12.2. The summed E-state index contributed by atoms with van der Waals surface area (Å²) in [6, 6.07) is 11.1. The minimum Gasteiger partial charge on any atom is -0.461 e. The molecule has 0 spiro atoms. The third-order valence-electron chi connectivity index (χ3n) is 6.92. The highest BCUT2D eigenvalue weighted by Crippen LogP contribution is 2.31. The van der Waals surface area contributed by atoms with Crippen molar-refractivity contribution in [2.45, 2.75) is 32.2 Å². The summed E-state index contributed by atoms with van der Waals surface area (Å²) >= 11 is 0. The number of furan rings is 1. The molecule has 0 aliphatic carbocycles. The molecular weight excluding hydrogens is 440 g/mol. The number of nitrogens with zero attached hydrogens (tertiary/aromatic N) is 4. The van der Waals surface area contributed by atoms with Gasteiger partial charge in [0.25, 0.3) is 0 Å². The number of likely N-dealkylation sites (N-methyl/N-ethyl adjacent to an activating group) is 1. The number of nitrogens with one attached hydrogen (secondary N) is 1. The zero-order valence-corrected chi connectivity index (χ0v) is 20.5. The summed E-state index contributed by atoms with van der Waals surface area (Å²) in [5, 5.41) is 13.9. The molecule has 1 aromatic carbocycles. The Hall–Kier alpha value is -3.70. The number of fused-ring (bicyclic) bond motifs is 2. The number of anilines is 1. The Morgan fingerprint density at radius 2 is 1.97 bits per heavy atom. The molecule has 3 N–H and O–H groups in total.